The summed E-state index contributed by atoms with van der Waals surface area (Å²) in [5.41, 5.74) is 6.33. The summed E-state index contributed by atoms with van der Waals surface area (Å²) in [5.74, 6) is 0.683. The first kappa shape index (κ1) is 15.3. The second kappa shape index (κ2) is 8.37. The molecule has 1 amide bonds. The van der Waals surface area contributed by atoms with E-state index in [1.165, 1.54) is 0 Å². The Balaban J connectivity index is 2.25. The number of nitrogen functional groups attached to an aromatic ring is 1. The lowest BCUT2D eigenvalue weighted by atomic mass is 10.3. The van der Waals surface area contributed by atoms with Crippen molar-refractivity contribution in [1.29, 1.82) is 0 Å². The monoisotopic (exact) mass is 266 g/mol. The van der Waals surface area contributed by atoms with Crippen LogP contribution in [0, 0.1) is 0 Å². The van der Waals surface area contributed by atoms with Gasteiger partial charge < -0.3 is 20.1 Å². The van der Waals surface area contributed by atoms with Gasteiger partial charge in [0, 0.05) is 27.3 Å². The zero-order valence-electron chi connectivity index (χ0n) is 11.6. The maximum absolute atomic E-state index is 11.8. The Kier molecular flexibility index (Phi) is 6.74. The van der Waals surface area contributed by atoms with Gasteiger partial charge in [0.15, 0.2) is 0 Å². The highest BCUT2D eigenvalue weighted by atomic mass is 16.5. The lowest BCUT2D eigenvalue weighted by Crippen LogP contribution is -2.29. The van der Waals surface area contributed by atoms with Crippen molar-refractivity contribution >= 4 is 11.6 Å². The third kappa shape index (κ3) is 5.61. The first-order chi connectivity index (χ1) is 9.15. The van der Waals surface area contributed by atoms with Gasteiger partial charge in [-0.2, -0.15) is 0 Å². The Bertz CT molecular complexity index is 396. The fraction of sp³-hybridized carbons (Fsp3) is 0.500. The molecule has 1 rings (SSSR count). The van der Waals surface area contributed by atoms with Crippen LogP contribution >= 0.6 is 0 Å². The van der Waals surface area contributed by atoms with Gasteiger partial charge in [0.25, 0.3) is 0 Å². The normalized spacial score (nSPS) is 10.2. The molecule has 0 aliphatic carbocycles. The highest BCUT2D eigenvalue weighted by molar-refractivity contribution is 5.76. The van der Waals surface area contributed by atoms with E-state index in [0.717, 1.165) is 6.42 Å². The number of nitrogens with two attached hydrogens (primary N) is 1. The van der Waals surface area contributed by atoms with Crippen molar-refractivity contribution in [2.45, 2.75) is 12.8 Å². The average molecular weight is 266 g/mol. The van der Waals surface area contributed by atoms with Crippen LogP contribution in [0.1, 0.15) is 12.8 Å². The van der Waals surface area contributed by atoms with Crippen LogP contribution in [0.5, 0.6) is 5.75 Å². The fourth-order valence-electron chi connectivity index (χ4n) is 1.62. The minimum Gasteiger partial charge on any atom is -0.491 e. The first-order valence-corrected chi connectivity index (χ1v) is 6.35. The summed E-state index contributed by atoms with van der Waals surface area (Å²) >= 11 is 0. The molecule has 1 aromatic rings. The smallest absolute Gasteiger partial charge is 0.225 e. The highest BCUT2D eigenvalue weighted by Gasteiger charge is 2.08. The molecule has 0 aromatic heterocycles. The summed E-state index contributed by atoms with van der Waals surface area (Å²) in [7, 11) is 3.44. The molecule has 0 aliphatic rings. The van der Waals surface area contributed by atoms with E-state index >= 15 is 0 Å². The number of rotatable bonds is 8. The molecule has 0 fully saturated rings. The molecule has 0 saturated heterocycles. The quantitative estimate of drug-likeness (QED) is 0.572. The van der Waals surface area contributed by atoms with Crippen molar-refractivity contribution in [1.82, 2.24) is 4.90 Å². The van der Waals surface area contributed by atoms with Gasteiger partial charge in [-0.1, -0.05) is 12.1 Å². The zero-order valence-corrected chi connectivity index (χ0v) is 11.6. The van der Waals surface area contributed by atoms with Gasteiger partial charge in [-0.25, -0.2) is 0 Å². The van der Waals surface area contributed by atoms with Gasteiger partial charge in [0.05, 0.1) is 18.7 Å². The Hall–Kier alpha value is -1.75. The zero-order chi connectivity index (χ0) is 14.1. The number of benzene rings is 1. The molecular formula is C14H22N2O3. The summed E-state index contributed by atoms with van der Waals surface area (Å²) in [6.45, 7) is 1.69. The molecule has 0 spiro atoms. The van der Waals surface area contributed by atoms with E-state index in [4.69, 9.17) is 15.2 Å². The van der Waals surface area contributed by atoms with Gasteiger partial charge in [0.1, 0.15) is 5.75 Å². The summed E-state index contributed by atoms with van der Waals surface area (Å²) < 4.78 is 10.4. The molecule has 2 N–H and O–H groups in total. The number of nitrogens with zero attached hydrogens (tertiary/aromatic N) is 1. The summed E-state index contributed by atoms with van der Waals surface area (Å²) in [6, 6.07) is 7.26. The van der Waals surface area contributed by atoms with Gasteiger partial charge in [0.2, 0.25) is 5.91 Å². The standard InChI is InChI=1S/C14H22N2O3/c1-16(9-5-10-18-2)14(17)8-11-19-13-7-4-3-6-12(13)15/h3-4,6-7H,5,8-11,15H2,1-2H3. The number of methoxy groups -OCH3 is 1. The van der Waals surface area contributed by atoms with Gasteiger partial charge in [-0.05, 0) is 18.6 Å². The van der Waals surface area contributed by atoms with E-state index < -0.39 is 0 Å². The van der Waals surface area contributed by atoms with Crippen molar-refractivity contribution in [3.63, 3.8) is 0 Å². The summed E-state index contributed by atoms with van der Waals surface area (Å²) in [6.07, 6.45) is 1.18. The molecule has 0 radical (unpaired) electrons. The van der Waals surface area contributed by atoms with Crippen molar-refractivity contribution in [3.8, 4) is 5.75 Å². The Morgan fingerprint density at radius 3 is 2.74 bits per heavy atom. The number of hydrogen-bond donors (Lipinski definition) is 1. The maximum Gasteiger partial charge on any atom is 0.225 e. The number of carbonyl (C=O) groups is 1. The summed E-state index contributed by atoms with van der Waals surface area (Å²) in [5, 5.41) is 0. The lowest BCUT2D eigenvalue weighted by molar-refractivity contribution is -0.130. The Morgan fingerprint density at radius 1 is 1.32 bits per heavy atom. The first-order valence-electron chi connectivity index (χ1n) is 6.35. The topological polar surface area (TPSA) is 64.8 Å². The van der Waals surface area contributed by atoms with Crippen molar-refractivity contribution in [3.05, 3.63) is 24.3 Å². The highest BCUT2D eigenvalue weighted by Crippen LogP contribution is 2.19. The lowest BCUT2D eigenvalue weighted by Gasteiger charge is -2.17. The van der Waals surface area contributed by atoms with E-state index in [0.29, 0.717) is 37.6 Å². The van der Waals surface area contributed by atoms with E-state index in [1.807, 2.05) is 12.1 Å². The van der Waals surface area contributed by atoms with Gasteiger partial charge >= 0.3 is 0 Å². The van der Waals surface area contributed by atoms with Crippen molar-refractivity contribution < 1.29 is 14.3 Å². The minimum absolute atomic E-state index is 0.0607. The number of hydrogen-bond acceptors (Lipinski definition) is 4. The van der Waals surface area contributed by atoms with E-state index in [-0.39, 0.29) is 5.91 Å². The van der Waals surface area contributed by atoms with E-state index in [2.05, 4.69) is 0 Å². The molecule has 0 saturated carbocycles. The Morgan fingerprint density at radius 2 is 2.05 bits per heavy atom. The predicted molar refractivity (Wildman–Crippen MR) is 75.1 cm³/mol. The van der Waals surface area contributed by atoms with Crippen LogP contribution < -0.4 is 10.5 Å². The molecule has 0 atom stereocenters. The fourth-order valence-corrected chi connectivity index (χ4v) is 1.62. The molecule has 0 aliphatic heterocycles. The third-order valence-electron chi connectivity index (χ3n) is 2.76. The SMILES string of the molecule is COCCCN(C)C(=O)CCOc1ccccc1N. The molecule has 0 unspecified atom stereocenters. The molecule has 106 valence electrons. The predicted octanol–water partition coefficient (Wildman–Crippen LogP) is 1.53. The molecule has 19 heavy (non-hydrogen) atoms. The molecule has 5 nitrogen and oxygen atoms in total. The van der Waals surface area contributed by atoms with Crippen molar-refractivity contribution in [2.24, 2.45) is 0 Å². The van der Waals surface area contributed by atoms with Crippen LogP contribution in [0.4, 0.5) is 5.69 Å². The summed E-state index contributed by atoms with van der Waals surface area (Å²) in [4.78, 5) is 13.5. The van der Waals surface area contributed by atoms with Crippen LogP contribution in [-0.2, 0) is 9.53 Å². The number of anilines is 1. The largest absolute Gasteiger partial charge is 0.491 e. The second-order valence-electron chi connectivity index (χ2n) is 4.30. The van der Waals surface area contributed by atoms with Gasteiger partial charge in [-0.15, -0.1) is 0 Å². The van der Waals surface area contributed by atoms with E-state index in [9.17, 15) is 4.79 Å². The van der Waals surface area contributed by atoms with Gasteiger partial charge in [-0.3, -0.25) is 4.79 Å². The van der Waals surface area contributed by atoms with Crippen molar-refractivity contribution in [2.75, 3.05) is 39.6 Å². The second-order valence-corrected chi connectivity index (χ2v) is 4.30. The van der Waals surface area contributed by atoms with Crippen LogP contribution in [0.15, 0.2) is 24.3 Å². The number of ether oxygens (including phenoxy) is 2. The number of carbonyl (C=O) groups excluding carboxylic acids is 1. The average Bonchev–Trinajstić information content (AvgIpc) is 2.41. The molecule has 1 aromatic carbocycles. The van der Waals surface area contributed by atoms with Crippen LogP contribution in [-0.4, -0.2) is 44.7 Å². The maximum atomic E-state index is 11.8. The van der Waals surface area contributed by atoms with E-state index in [1.54, 1.807) is 31.2 Å². The molecular weight excluding hydrogens is 244 g/mol. The third-order valence-corrected chi connectivity index (χ3v) is 2.76. The number of para-hydroxylation sites is 2. The minimum atomic E-state index is 0.0607. The number of amides is 1. The van der Waals surface area contributed by atoms with Crippen LogP contribution in [0.3, 0.4) is 0 Å². The molecule has 0 bridgehead atoms. The van der Waals surface area contributed by atoms with Crippen LogP contribution in [0.25, 0.3) is 0 Å². The molecule has 0 heterocycles. The van der Waals surface area contributed by atoms with Crippen LogP contribution in [0.2, 0.25) is 0 Å². The Labute approximate surface area is 114 Å². The molecule has 5 heteroatoms.